The standard InChI is InChI=1S/C13H17N3O2/c1-14-13(18)16-12(17)11(15-10-7-8-10)9-5-3-2-4-6-9/h2-6,10-11,15H,7-8H2,1H3,(H2,14,16,17,18)/p+1/t11-/m1/s1. The van der Waals surface area contributed by atoms with Gasteiger partial charge in [0.2, 0.25) is 0 Å². The predicted octanol–water partition coefficient (Wildman–Crippen LogP) is -0.0909. The van der Waals surface area contributed by atoms with E-state index >= 15 is 0 Å². The van der Waals surface area contributed by atoms with E-state index < -0.39 is 6.03 Å². The van der Waals surface area contributed by atoms with E-state index in [1.54, 1.807) is 0 Å². The van der Waals surface area contributed by atoms with Gasteiger partial charge in [-0.15, -0.1) is 0 Å². The maximum absolute atomic E-state index is 12.1. The van der Waals surface area contributed by atoms with Crippen LogP contribution in [0.2, 0.25) is 0 Å². The van der Waals surface area contributed by atoms with Crippen LogP contribution in [0.4, 0.5) is 4.79 Å². The van der Waals surface area contributed by atoms with Crippen LogP contribution in [0.1, 0.15) is 24.4 Å². The molecular weight excluding hydrogens is 230 g/mol. The van der Waals surface area contributed by atoms with Crippen LogP contribution >= 0.6 is 0 Å². The maximum Gasteiger partial charge on any atom is 0.321 e. The molecule has 0 saturated heterocycles. The van der Waals surface area contributed by atoms with E-state index in [-0.39, 0.29) is 11.9 Å². The number of imide groups is 1. The molecule has 96 valence electrons. The van der Waals surface area contributed by atoms with Crippen LogP contribution in [0.5, 0.6) is 0 Å². The number of hydrogen-bond donors (Lipinski definition) is 3. The summed E-state index contributed by atoms with van der Waals surface area (Å²) < 4.78 is 0. The van der Waals surface area contributed by atoms with Crippen molar-refractivity contribution in [1.29, 1.82) is 0 Å². The van der Waals surface area contributed by atoms with Gasteiger partial charge in [0, 0.05) is 25.5 Å². The molecule has 0 heterocycles. The summed E-state index contributed by atoms with van der Waals surface area (Å²) in [6.07, 6.45) is 2.27. The molecule has 18 heavy (non-hydrogen) atoms. The van der Waals surface area contributed by atoms with Crippen LogP contribution in [-0.2, 0) is 4.79 Å². The Morgan fingerprint density at radius 2 is 1.94 bits per heavy atom. The minimum absolute atomic E-state index is 0.271. The molecule has 5 heteroatoms. The van der Waals surface area contributed by atoms with Crippen molar-refractivity contribution in [3.8, 4) is 0 Å². The van der Waals surface area contributed by atoms with E-state index in [9.17, 15) is 9.59 Å². The van der Waals surface area contributed by atoms with Gasteiger partial charge in [-0.2, -0.15) is 0 Å². The lowest BCUT2D eigenvalue weighted by molar-refractivity contribution is -0.695. The molecule has 0 bridgehead atoms. The summed E-state index contributed by atoms with van der Waals surface area (Å²) in [7, 11) is 1.49. The van der Waals surface area contributed by atoms with Crippen molar-refractivity contribution in [3.05, 3.63) is 35.9 Å². The maximum atomic E-state index is 12.1. The number of rotatable bonds is 4. The number of hydrogen-bond acceptors (Lipinski definition) is 2. The first kappa shape index (κ1) is 12.6. The van der Waals surface area contributed by atoms with Gasteiger partial charge in [-0.3, -0.25) is 10.1 Å². The number of carbonyl (C=O) groups excluding carboxylic acids is 2. The van der Waals surface area contributed by atoms with E-state index in [1.807, 2.05) is 35.6 Å². The van der Waals surface area contributed by atoms with Crippen LogP contribution in [0.3, 0.4) is 0 Å². The molecule has 0 spiro atoms. The second-order valence-corrected chi connectivity index (χ2v) is 4.49. The topological polar surface area (TPSA) is 74.8 Å². The molecule has 1 atom stereocenters. The number of urea groups is 1. The molecule has 4 N–H and O–H groups in total. The summed E-state index contributed by atoms with van der Waals surface area (Å²) in [5.74, 6) is -0.271. The largest absolute Gasteiger partial charge is 0.341 e. The Kier molecular flexibility index (Phi) is 3.94. The fourth-order valence-corrected chi connectivity index (χ4v) is 1.82. The lowest BCUT2D eigenvalue weighted by Crippen LogP contribution is -2.89. The summed E-state index contributed by atoms with van der Waals surface area (Å²) >= 11 is 0. The molecular formula is C13H18N3O2+. The van der Waals surface area contributed by atoms with Gasteiger partial charge in [-0.1, -0.05) is 30.3 Å². The molecule has 5 nitrogen and oxygen atoms in total. The van der Waals surface area contributed by atoms with E-state index in [4.69, 9.17) is 0 Å². The van der Waals surface area contributed by atoms with E-state index in [2.05, 4.69) is 10.6 Å². The number of benzene rings is 1. The Balaban J connectivity index is 2.09. The monoisotopic (exact) mass is 248 g/mol. The minimum atomic E-state index is -0.467. The molecule has 3 amide bonds. The summed E-state index contributed by atoms with van der Waals surface area (Å²) in [6.45, 7) is 0. The average Bonchev–Trinajstić information content (AvgIpc) is 3.20. The number of carbonyl (C=O) groups is 2. The second-order valence-electron chi connectivity index (χ2n) is 4.49. The zero-order valence-corrected chi connectivity index (χ0v) is 10.3. The molecule has 0 unspecified atom stereocenters. The number of nitrogens with one attached hydrogen (secondary N) is 2. The summed E-state index contributed by atoms with van der Waals surface area (Å²) in [5.41, 5.74) is 0.922. The van der Waals surface area contributed by atoms with Gasteiger partial charge in [0.1, 0.15) is 0 Å². The fraction of sp³-hybridized carbons (Fsp3) is 0.385. The first-order valence-electron chi connectivity index (χ1n) is 6.13. The summed E-state index contributed by atoms with van der Waals surface area (Å²) in [5, 5.41) is 6.76. The summed E-state index contributed by atoms with van der Waals surface area (Å²) in [4.78, 5) is 23.3. The van der Waals surface area contributed by atoms with Crippen molar-refractivity contribution >= 4 is 11.9 Å². The molecule has 0 radical (unpaired) electrons. The minimum Gasteiger partial charge on any atom is -0.341 e. The number of amides is 3. The third kappa shape index (κ3) is 3.30. The van der Waals surface area contributed by atoms with Crippen molar-refractivity contribution in [2.45, 2.75) is 24.9 Å². The number of nitrogens with two attached hydrogens (primary N) is 1. The second kappa shape index (κ2) is 5.64. The highest BCUT2D eigenvalue weighted by atomic mass is 16.2. The van der Waals surface area contributed by atoms with Gasteiger partial charge >= 0.3 is 6.03 Å². The van der Waals surface area contributed by atoms with Crippen LogP contribution in [0.25, 0.3) is 0 Å². The van der Waals surface area contributed by atoms with Gasteiger partial charge in [0.25, 0.3) is 5.91 Å². The SMILES string of the molecule is CNC(=O)NC(=O)[C@H]([NH2+]C1CC1)c1ccccc1. The molecule has 2 rings (SSSR count). The normalized spacial score (nSPS) is 15.8. The molecule has 1 saturated carbocycles. The zero-order chi connectivity index (χ0) is 13.0. The van der Waals surface area contributed by atoms with Crippen molar-refractivity contribution in [3.63, 3.8) is 0 Å². The highest BCUT2D eigenvalue weighted by Gasteiger charge is 2.34. The molecule has 1 aliphatic rings. The lowest BCUT2D eigenvalue weighted by Gasteiger charge is -2.14. The quantitative estimate of drug-likeness (QED) is 0.696. The van der Waals surface area contributed by atoms with Crippen LogP contribution in [0.15, 0.2) is 30.3 Å². The highest BCUT2D eigenvalue weighted by molar-refractivity contribution is 5.96. The van der Waals surface area contributed by atoms with Gasteiger partial charge in [-0.05, 0) is 0 Å². The highest BCUT2D eigenvalue weighted by Crippen LogP contribution is 2.17. The molecule has 1 aromatic rings. The smallest absolute Gasteiger partial charge is 0.321 e. The predicted molar refractivity (Wildman–Crippen MR) is 66.7 cm³/mol. The van der Waals surface area contributed by atoms with Crippen LogP contribution < -0.4 is 16.0 Å². The number of quaternary nitrogens is 1. The molecule has 1 aromatic carbocycles. The molecule has 0 aliphatic heterocycles. The molecule has 1 aliphatic carbocycles. The van der Waals surface area contributed by atoms with Crippen molar-refractivity contribution in [2.24, 2.45) is 0 Å². The first-order valence-corrected chi connectivity index (χ1v) is 6.13. The van der Waals surface area contributed by atoms with E-state index in [1.165, 1.54) is 7.05 Å². The van der Waals surface area contributed by atoms with Crippen LogP contribution in [-0.4, -0.2) is 25.0 Å². The Hall–Kier alpha value is -1.88. The third-order valence-corrected chi connectivity index (χ3v) is 2.99. The van der Waals surface area contributed by atoms with Gasteiger partial charge < -0.3 is 10.6 Å². The Labute approximate surface area is 106 Å². The Morgan fingerprint density at radius 3 is 2.50 bits per heavy atom. The summed E-state index contributed by atoms with van der Waals surface area (Å²) in [6, 6.07) is 9.22. The van der Waals surface area contributed by atoms with Gasteiger partial charge in [0.05, 0.1) is 6.04 Å². The van der Waals surface area contributed by atoms with Gasteiger partial charge in [-0.25, -0.2) is 4.79 Å². The van der Waals surface area contributed by atoms with Crippen molar-refractivity contribution < 1.29 is 14.9 Å². The first-order chi connectivity index (χ1) is 8.70. The van der Waals surface area contributed by atoms with Crippen molar-refractivity contribution in [1.82, 2.24) is 10.6 Å². The average molecular weight is 248 g/mol. The molecule has 1 fully saturated rings. The lowest BCUT2D eigenvalue weighted by atomic mass is 10.1. The van der Waals surface area contributed by atoms with Crippen LogP contribution in [0, 0.1) is 0 Å². The third-order valence-electron chi connectivity index (χ3n) is 2.99. The van der Waals surface area contributed by atoms with E-state index in [0.29, 0.717) is 6.04 Å². The van der Waals surface area contributed by atoms with Crippen molar-refractivity contribution in [2.75, 3.05) is 7.05 Å². The Bertz CT molecular complexity index is 429. The van der Waals surface area contributed by atoms with Gasteiger partial charge in [0.15, 0.2) is 6.04 Å². The zero-order valence-electron chi connectivity index (χ0n) is 10.3. The Morgan fingerprint density at radius 1 is 1.28 bits per heavy atom. The fourth-order valence-electron chi connectivity index (χ4n) is 1.82. The van der Waals surface area contributed by atoms with E-state index in [0.717, 1.165) is 18.4 Å². The molecule has 0 aromatic heterocycles.